The molecule has 1 amide bonds. The van der Waals surface area contributed by atoms with E-state index < -0.39 is 15.9 Å². The zero-order chi connectivity index (χ0) is 19.8. The first-order valence-corrected chi connectivity index (χ1v) is 9.68. The SMILES string of the molecule is C=Cc1cc2c(C(N)=O)c(Cc3ccc(F)cc3)oc2nc1NS(C)(=O)=O. The van der Waals surface area contributed by atoms with Crippen molar-refractivity contribution in [3.8, 4) is 0 Å². The van der Waals surface area contributed by atoms with Crippen LogP contribution in [-0.2, 0) is 16.4 Å². The topological polar surface area (TPSA) is 115 Å². The standard InChI is InChI=1S/C18H16FN3O4S/c1-3-11-9-13-15(16(20)23)14(8-10-4-6-12(19)7-5-10)26-18(13)21-17(11)22-27(2,24)25/h3-7,9H,1,8H2,2H3,(H2,20,23)(H,21,22). The molecular weight excluding hydrogens is 373 g/mol. The fourth-order valence-corrected chi connectivity index (χ4v) is 3.20. The molecule has 0 aliphatic rings. The van der Waals surface area contributed by atoms with E-state index in [4.69, 9.17) is 10.2 Å². The molecule has 0 fully saturated rings. The van der Waals surface area contributed by atoms with Gasteiger partial charge in [-0.15, -0.1) is 0 Å². The second-order valence-corrected chi connectivity index (χ2v) is 7.67. The van der Waals surface area contributed by atoms with Crippen LogP contribution in [0.2, 0.25) is 0 Å². The number of nitrogens with one attached hydrogen (secondary N) is 1. The molecule has 0 atom stereocenters. The van der Waals surface area contributed by atoms with Gasteiger partial charge in [0.05, 0.1) is 17.2 Å². The molecule has 2 heterocycles. The lowest BCUT2D eigenvalue weighted by Crippen LogP contribution is -2.13. The highest BCUT2D eigenvalue weighted by atomic mass is 32.2. The number of amides is 1. The maximum absolute atomic E-state index is 13.1. The molecule has 0 saturated heterocycles. The van der Waals surface area contributed by atoms with Crippen LogP contribution < -0.4 is 10.5 Å². The minimum Gasteiger partial charge on any atom is -0.441 e. The number of nitrogens with two attached hydrogens (primary N) is 1. The van der Waals surface area contributed by atoms with Crippen LogP contribution in [0, 0.1) is 5.82 Å². The Morgan fingerprint density at radius 3 is 2.59 bits per heavy atom. The quantitative estimate of drug-likeness (QED) is 0.672. The first kappa shape index (κ1) is 18.6. The molecule has 3 rings (SSSR count). The number of benzene rings is 1. The molecule has 0 aliphatic carbocycles. The number of rotatable bonds is 6. The zero-order valence-electron chi connectivity index (χ0n) is 14.3. The van der Waals surface area contributed by atoms with E-state index in [0.29, 0.717) is 16.5 Å². The Hall–Kier alpha value is -3.20. The molecule has 0 radical (unpaired) electrons. The van der Waals surface area contributed by atoms with Crippen molar-refractivity contribution in [1.82, 2.24) is 4.98 Å². The van der Waals surface area contributed by atoms with Crippen LogP contribution >= 0.6 is 0 Å². The van der Waals surface area contributed by atoms with Gasteiger partial charge in [0.15, 0.2) is 5.82 Å². The molecule has 0 aliphatic heterocycles. The number of hydrogen-bond acceptors (Lipinski definition) is 5. The molecule has 140 valence electrons. The Bertz CT molecular complexity index is 1150. The molecular formula is C18H16FN3O4S. The molecule has 2 aromatic heterocycles. The van der Waals surface area contributed by atoms with Crippen molar-refractivity contribution in [1.29, 1.82) is 0 Å². The maximum Gasteiger partial charge on any atom is 0.252 e. The van der Waals surface area contributed by atoms with E-state index in [-0.39, 0.29) is 35.1 Å². The summed E-state index contributed by atoms with van der Waals surface area (Å²) >= 11 is 0. The van der Waals surface area contributed by atoms with E-state index in [2.05, 4.69) is 16.3 Å². The van der Waals surface area contributed by atoms with Gasteiger partial charge in [0.2, 0.25) is 15.7 Å². The predicted octanol–water partition coefficient (Wildman–Crippen LogP) is 2.67. The van der Waals surface area contributed by atoms with Gasteiger partial charge in [-0.25, -0.2) is 12.8 Å². The average Bonchev–Trinajstić information content (AvgIpc) is 2.91. The summed E-state index contributed by atoms with van der Waals surface area (Å²) in [6.45, 7) is 3.63. The fraction of sp³-hybridized carbons (Fsp3) is 0.111. The van der Waals surface area contributed by atoms with Gasteiger partial charge in [-0.3, -0.25) is 9.52 Å². The van der Waals surface area contributed by atoms with Crippen LogP contribution in [0.15, 0.2) is 41.3 Å². The second-order valence-electron chi connectivity index (χ2n) is 5.93. The highest BCUT2D eigenvalue weighted by Crippen LogP contribution is 2.30. The largest absolute Gasteiger partial charge is 0.441 e. The van der Waals surface area contributed by atoms with Gasteiger partial charge in [0.25, 0.3) is 5.91 Å². The number of anilines is 1. The summed E-state index contributed by atoms with van der Waals surface area (Å²) < 4.78 is 44.1. The molecule has 7 nitrogen and oxygen atoms in total. The summed E-state index contributed by atoms with van der Waals surface area (Å²) in [6.07, 6.45) is 2.58. The number of primary amides is 1. The third-order valence-electron chi connectivity index (χ3n) is 3.81. The third kappa shape index (κ3) is 3.98. The molecule has 0 unspecified atom stereocenters. The Balaban J connectivity index is 2.16. The lowest BCUT2D eigenvalue weighted by Gasteiger charge is -2.06. The highest BCUT2D eigenvalue weighted by Gasteiger charge is 2.22. The molecule has 1 aromatic carbocycles. The van der Waals surface area contributed by atoms with Crippen LogP contribution in [-0.4, -0.2) is 25.6 Å². The number of carbonyl (C=O) groups is 1. The smallest absolute Gasteiger partial charge is 0.252 e. The Morgan fingerprint density at radius 1 is 1.37 bits per heavy atom. The average molecular weight is 389 g/mol. The molecule has 0 spiro atoms. The summed E-state index contributed by atoms with van der Waals surface area (Å²) in [4.78, 5) is 16.1. The van der Waals surface area contributed by atoms with Gasteiger partial charge in [0.1, 0.15) is 11.6 Å². The normalized spacial score (nSPS) is 11.5. The molecule has 3 N–H and O–H groups in total. The minimum absolute atomic E-state index is 0.0260. The van der Waals surface area contributed by atoms with Crippen molar-refractivity contribution in [2.45, 2.75) is 6.42 Å². The van der Waals surface area contributed by atoms with Gasteiger partial charge in [-0.1, -0.05) is 24.8 Å². The summed E-state index contributed by atoms with van der Waals surface area (Å²) in [7, 11) is -3.58. The van der Waals surface area contributed by atoms with E-state index in [9.17, 15) is 17.6 Å². The van der Waals surface area contributed by atoms with Crippen molar-refractivity contribution in [2.24, 2.45) is 5.73 Å². The van der Waals surface area contributed by atoms with Gasteiger partial charge in [0, 0.05) is 12.0 Å². The lowest BCUT2D eigenvalue weighted by molar-refractivity contribution is 0.1000. The van der Waals surface area contributed by atoms with Crippen molar-refractivity contribution in [2.75, 3.05) is 11.0 Å². The summed E-state index contributed by atoms with van der Waals surface area (Å²) in [5.74, 6) is -0.819. The lowest BCUT2D eigenvalue weighted by atomic mass is 10.0. The van der Waals surface area contributed by atoms with Crippen LogP contribution in [0.5, 0.6) is 0 Å². The number of fused-ring (bicyclic) bond motifs is 1. The van der Waals surface area contributed by atoms with Crippen LogP contribution in [0.3, 0.4) is 0 Å². The monoisotopic (exact) mass is 389 g/mol. The van der Waals surface area contributed by atoms with E-state index >= 15 is 0 Å². The summed E-state index contributed by atoms with van der Waals surface area (Å²) in [5, 5.41) is 0.341. The van der Waals surface area contributed by atoms with Gasteiger partial charge in [-0.2, -0.15) is 4.98 Å². The number of hydrogen-bond donors (Lipinski definition) is 2. The summed E-state index contributed by atoms with van der Waals surface area (Å²) in [6, 6.07) is 7.24. The molecule has 27 heavy (non-hydrogen) atoms. The molecule has 9 heteroatoms. The highest BCUT2D eigenvalue weighted by molar-refractivity contribution is 7.92. The minimum atomic E-state index is -3.58. The van der Waals surface area contributed by atoms with Crippen molar-refractivity contribution in [3.05, 3.63) is 65.2 Å². The van der Waals surface area contributed by atoms with E-state index in [1.54, 1.807) is 12.1 Å². The number of pyridine rings is 1. The number of halogens is 1. The summed E-state index contributed by atoms with van der Waals surface area (Å²) in [5.41, 5.74) is 6.77. The zero-order valence-corrected chi connectivity index (χ0v) is 15.1. The predicted molar refractivity (Wildman–Crippen MR) is 100 cm³/mol. The number of aromatic nitrogens is 1. The van der Waals surface area contributed by atoms with Gasteiger partial charge >= 0.3 is 0 Å². The Morgan fingerprint density at radius 2 is 2.04 bits per heavy atom. The Kier molecular flexibility index (Phi) is 4.71. The van der Waals surface area contributed by atoms with E-state index in [1.165, 1.54) is 24.3 Å². The van der Waals surface area contributed by atoms with Crippen LogP contribution in [0.25, 0.3) is 17.2 Å². The van der Waals surface area contributed by atoms with Gasteiger partial charge in [-0.05, 0) is 23.8 Å². The van der Waals surface area contributed by atoms with Crippen molar-refractivity contribution < 1.29 is 22.0 Å². The number of nitrogens with zero attached hydrogens (tertiary/aromatic N) is 1. The van der Waals surface area contributed by atoms with Crippen molar-refractivity contribution >= 4 is 38.9 Å². The Labute approximate surface area is 154 Å². The van der Waals surface area contributed by atoms with Crippen LogP contribution in [0.1, 0.15) is 27.2 Å². The number of carbonyl (C=O) groups excluding carboxylic acids is 1. The van der Waals surface area contributed by atoms with Gasteiger partial charge < -0.3 is 10.2 Å². The first-order valence-electron chi connectivity index (χ1n) is 7.79. The molecule has 0 bridgehead atoms. The molecule has 0 saturated carbocycles. The van der Waals surface area contributed by atoms with E-state index in [0.717, 1.165) is 6.26 Å². The number of furan rings is 1. The second kappa shape index (κ2) is 6.84. The van der Waals surface area contributed by atoms with Crippen LogP contribution in [0.4, 0.5) is 10.2 Å². The number of sulfonamides is 1. The first-order chi connectivity index (χ1) is 12.7. The fourth-order valence-electron chi connectivity index (χ4n) is 2.68. The molecule has 3 aromatic rings. The van der Waals surface area contributed by atoms with E-state index in [1.807, 2.05) is 0 Å². The van der Waals surface area contributed by atoms with Crippen molar-refractivity contribution in [3.63, 3.8) is 0 Å². The third-order valence-corrected chi connectivity index (χ3v) is 4.38. The maximum atomic E-state index is 13.1.